The summed E-state index contributed by atoms with van der Waals surface area (Å²) in [6.45, 7) is 0.483. The zero-order chi connectivity index (χ0) is 19.6. The summed E-state index contributed by atoms with van der Waals surface area (Å²) in [6, 6.07) is 26.8. The van der Waals surface area contributed by atoms with Gasteiger partial charge in [0.15, 0.2) is 5.78 Å². The van der Waals surface area contributed by atoms with Crippen LogP contribution in [0.2, 0.25) is 0 Å². The number of nitrogens with one attached hydrogen (secondary N) is 1. The van der Waals surface area contributed by atoms with E-state index in [1.807, 2.05) is 72.8 Å². The molecule has 0 heterocycles. The van der Waals surface area contributed by atoms with Crippen molar-refractivity contribution in [3.63, 3.8) is 0 Å². The van der Waals surface area contributed by atoms with Crippen molar-refractivity contribution in [2.24, 2.45) is 0 Å². The Balaban J connectivity index is 1.52. The van der Waals surface area contributed by atoms with Crippen LogP contribution in [-0.2, 0) is 6.42 Å². The second kappa shape index (κ2) is 10.3. The number of anilines is 1. The number of aryl methyl sites for hydroxylation is 1. The molecule has 3 rings (SSSR count). The molecule has 0 radical (unpaired) electrons. The molecule has 0 amide bonds. The fraction of sp³-hybridized carbons (Fsp3) is 0.208. The van der Waals surface area contributed by atoms with Crippen LogP contribution in [0.15, 0.2) is 84.9 Å². The Labute approximate surface area is 165 Å². The highest BCUT2D eigenvalue weighted by molar-refractivity contribution is 5.98. The first-order chi connectivity index (χ1) is 13.7. The molecular weight excluding hydrogens is 350 g/mol. The Hall–Kier alpha value is -3.11. The monoisotopic (exact) mass is 375 g/mol. The predicted molar refractivity (Wildman–Crippen MR) is 112 cm³/mol. The van der Waals surface area contributed by atoms with Gasteiger partial charge in [-0.15, -0.1) is 0 Å². The van der Waals surface area contributed by atoms with E-state index in [1.54, 1.807) is 12.1 Å². The van der Waals surface area contributed by atoms with E-state index in [0.717, 1.165) is 11.3 Å². The molecule has 0 bridgehead atoms. The molecule has 0 saturated heterocycles. The minimum absolute atomic E-state index is 0.0383. The third-order valence-corrected chi connectivity index (χ3v) is 4.42. The summed E-state index contributed by atoms with van der Waals surface area (Å²) in [5.41, 5.74) is 2.64. The molecule has 2 N–H and O–H groups in total. The summed E-state index contributed by atoms with van der Waals surface area (Å²) in [5.74, 6) is 0.552. The van der Waals surface area contributed by atoms with Gasteiger partial charge in [0, 0.05) is 18.7 Å². The van der Waals surface area contributed by atoms with Gasteiger partial charge >= 0.3 is 0 Å². The van der Waals surface area contributed by atoms with Crippen LogP contribution in [0.25, 0.3) is 0 Å². The zero-order valence-electron chi connectivity index (χ0n) is 15.8. The summed E-state index contributed by atoms with van der Waals surface area (Å²) < 4.78 is 5.75. The van der Waals surface area contributed by atoms with Gasteiger partial charge in [-0.25, -0.2) is 0 Å². The summed E-state index contributed by atoms with van der Waals surface area (Å²) in [6.07, 6.45) is 0.424. The van der Waals surface area contributed by atoms with Crippen LogP contribution >= 0.6 is 0 Å². The maximum absolute atomic E-state index is 12.6. The second-order valence-corrected chi connectivity index (χ2v) is 6.62. The average Bonchev–Trinajstić information content (AvgIpc) is 2.76. The van der Waals surface area contributed by atoms with E-state index in [0.29, 0.717) is 30.7 Å². The molecule has 144 valence electrons. The first-order valence-electron chi connectivity index (χ1n) is 9.48. The molecule has 0 aliphatic heterocycles. The smallest absolute Gasteiger partial charge is 0.166 e. The van der Waals surface area contributed by atoms with Gasteiger partial charge in [-0.2, -0.15) is 0 Å². The maximum Gasteiger partial charge on any atom is 0.166 e. The van der Waals surface area contributed by atoms with Crippen molar-refractivity contribution in [1.29, 1.82) is 0 Å². The van der Waals surface area contributed by atoms with Crippen LogP contribution in [0.5, 0.6) is 5.75 Å². The van der Waals surface area contributed by atoms with Gasteiger partial charge < -0.3 is 15.2 Å². The van der Waals surface area contributed by atoms with Crippen LogP contribution in [0, 0.1) is 0 Å². The first kappa shape index (κ1) is 19.6. The third kappa shape index (κ3) is 5.96. The number of carbonyl (C=O) groups is 1. The minimum Gasteiger partial charge on any atom is -0.490 e. The molecule has 3 aromatic rings. The van der Waals surface area contributed by atoms with E-state index >= 15 is 0 Å². The van der Waals surface area contributed by atoms with Gasteiger partial charge in [-0.1, -0.05) is 60.7 Å². The predicted octanol–water partition coefficient (Wildman–Crippen LogP) is 4.35. The van der Waals surface area contributed by atoms with Gasteiger partial charge in [0.2, 0.25) is 0 Å². The minimum atomic E-state index is -0.687. The van der Waals surface area contributed by atoms with Gasteiger partial charge in [-0.05, 0) is 36.2 Å². The lowest BCUT2D eigenvalue weighted by Crippen LogP contribution is -2.26. The van der Waals surface area contributed by atoms with Crippen molar-refractivity contribution in [1.82, 2.24) is 0 Å². The van der Waals surface area contributed by atoms with Crippen LogP contribution < -0.4 is 10.1 Å². The van der Waals surface area contributed by atoms with E-state index in [2.05, 4.69) is 5.32 Å². The lowest BCUT2D eigenvalue weighted by Gasteiger charge is -2.16. The SMILES string of the molecule is O=C(CCc1ccccc1)c1ccccc1OCC(O)CNc1ccccc1. The van der Waals surface area contributed by atoms with E-state index in [-0.39, 0.29) is 12.4 Å². The van der Waals surface area contributed by atoms with E-state index < -0.39 is 6.10 Å². The maximum atomic E-state index is 12.6. The number of carbonyl (C=O) groups excluding carboxylic acids is 1. The van der Waals surface area contributed by atoms with Crippen LogP contribution in [-0.4, -0.2) is 30.1 Å². The molecule has 1 atom stereocenters. The Kier molecular flexibility index (Phi) is 7.21. The van der Waals surface area contributed by atoms with Crippen LogP contribution in [0.4, 0.5) is 5.69 Å². The Morgan fingerprint density at radius 2 is 1.54 bits per heavy atom. The molecule has 0 fully saturated rings. The Morgan fingerprint density at radius 1 is 0.893 bits per heavy atom. The lowest BCUT2D eigenvalue weighted by atomic mass is 10.0. The molecule has 4 heteroatoms. The van der Waals surface area contributed by atoms with E-state index in [9.17, 15) is 9.90 Å². The fourth-order valence-electron chi connectivity index (χ4n) is 2.90. The van der Waals surface area contributed by atoms with Crippen molar-refractivity contribution in [3.05, 3.63) is 96.1 Å². The topological polar surface area (TPSA) is 58.6 Å². The van der Waals surface area contributed by atoms with Gasteiger partial charge in [0.25, 0.3) is 0 Å². The number of aliphatic hydroxyl groups excluding tert-OH is 1. The molecule has 0 aliphatic rings. The molecule has 0 spiro atoms. The second-order valence-electron chi connectivity index (χ2n) is 6.62. The van der Waals surface area contributed by atoms with Crippen LogP contribution in [0.1, 0.15) is 22.3 Å². The van der Waals surface area contributed by atoms with Crippen molar-refractivity contribution < 1.29 is 14.6 Å². The number of Topliss-reactive ketones (excluding diaryl/α,β-unsaturated/α-hetero) is 1. The zero-order valence-corrected chi connectivity index (χ0v) is 15.8. The molecule has 1 unspecified atom stereocenters. The number of ether oxygens (including phenoxy) is 1. The van der Waals surface area contributed by atoms with Crippen molar-refractivity contribution in [3.8, 4) is 5.75 Å². The Morgan fingerprint density at radius 3 is 2.29 bits per heavy atom. The normalized spacial score (nSPS) is 11.6. The largest absolute Gasteiger partial charge is 0.490 e. The third-order valence-electron chi connectivity index (χ3n) is 4.42. The summed E-state index contributed by atoms with van der Waals surface area (Å²) >= 11 is 0. The van der Waals surface area contributed by atoms with Gasteiger partial charge in [-0.3, -0.25) is 4.79 Å². The molecule has 28 heavy (non-hydrogen) atoms. The first-order valence-corrected chi connectivity index (χ1v) is 9.48. The van der Waals surface area contributed by atoms with Gasteiger partial charge in [0.1, 0.15) is 18.5 Å². The number of benzene rings is 3. The standard InChI is InChI=1S/C24H25NO3/c26-21(17-25-20-11-5-2-6-12-20)18-28-24-14-8-7-13-22(24)23(27)16-15-19-9-3-1-4-10-19/h1-14,21,25-26H,15-18H2. The van der Waals surface area contributed by atoms with E-state index in [1.165, 1.54) is 0 Å². The molecule has 0 saturated carbocycles. The van der Waals surface area contributed by atoms with E-state index in [4.69, 9.17) is 4.74 Å². The number of hydrogen-bond acceptors (Lipinski definition) is 4. The molecule has 4 nitrogen and oxygen atoms in total. The highest BCUT2D eigenvalue weighted by Gasteiger charge is 2.14. The quantitative estimate of drug-likeness (QED) is 0.517. The molecule has 0 aliphatic carbocycles. The molecular formula is C24H25NO3. The summed E-state index contributed by atoms with van der Waals surface area (Å²) in [7, 11) is 0. The van der Waals surface area contributed by atoms with Crippen molar-refractivity contribution >= 4 is 11.5 Å². The van der Waals surface area contributed by atoms with Crippen molar-refractivity contribution in [2.45, 2.75) is 18.9 Å². The van der Waals surface area contributed by atoms with Crippen LogP contribution in [0.3, 0.4) is 0 Å². The average molecular weight is 375 g/mol. The molecule has 3 aromatic carbocycles. The number of para-hydroxylation sites is 2. The highest BCUT2D eigenvalue weighted by atomic mass is 16.5. The number of rotatable bonds is 10. The lowest BCUT2D eigenvalue weighted by molar-refractivity contribution is 0.0963. The highest BCUT2D eigenvalue weighted by Crippen LogP contribution is 2.21. The number of aliphatic hydroxyl groups is 1. The summed E-state index contributed by atoms with van der Waals surface area (Å²) in [4.78, 5) is 12.6. The number of ketones is 1. The number of hydrogen-bond donors (Lipinski definition) is 2. The van der Waals surface area contributed by atoms with Gasteiger partial charge in [0.05, 0.1) is 5.56 Å². The molecule has 0 aromatic heterocycles. The fourth-order valence-corrected chi connectivity index (χ4v) is 2.90. The Bertz CT molecular complexity index is 865. The van der Waals surface area contributed by atoms with Crippen molar-refractivity contribution in [2.75, 3.05) is 18.5 Å². The summed E-state index contributed by atoms with van der Waals surface area (Å²) in [5, 5.41) is 13.3.